The number of aromatic nitrogens is 2. The maximum Gasteiger partial charge on any atom is 0.0837 e. The monoisotopic (exact) mass is 361 g/mol. The van der Waals surface area contributed by atoms with Gasteiger partial charge in [-0.05, 0) is 40.0 Å². The van der Waals surface area contributed by atoms with Crippen LogP contribution in [0.15, 0.2) is 28.9 Å². The minimum atomic E-state index is -0.324. The first-order valence-corrected chi connectivity index (χ1v) is 7.51. The lowest BCUT2D eigenvalue weighted by Crippen LogP contribution is -2.18. The van der Waals surface area contributed by atoms with Gasteiger partial charge in [-0.15, -0.1) is 0 Å². The van der Waals surface area contributed by atoms with Crippen molar-refractivity contribution < 1.29 is 0 Å². The predicted octanol–water partition coefficient (Wildman–Crippen LogP) is 4.41. The Morgan fingerprint density at radius 3 is 2.74 bits per heavy atom. The van der Waals surface area contributed by atoms with Crippen molar-refractivity contribution in [3.8, 4) is 0 Å². The van der Waals surface area contributed by atoms with Crippen LogP contribution in [0.3, 0.4) is 0 Å². The molecule has 1 atom stereocenters. The molecule has 0 radical (unpaired) electrons. The average Bonchev–Trinajstić information content (AvgIpc) is 2.74. The van der Waals surface area contributed by atoms with E-state index in [2.05, 4.69) is 28.0 Å². The third kappa shape index (κ3) is 3.14. The van der Waals surface area contributed by atoms with Crippen LogP contribution in [-0.4, -0.2) is 9.78 Å². The van der Waals surface area contributed by atoms with Crippen LogP contribution >= 0.6 is 39.1 Å². The van der Waals surface area contributed by atoms with E-state index < -0.39 is 0 Å². The van der Waals surface area contributed by atoms with Crippen molar-refractivity contribution in [2.75, 3.05) is 0 Å². The van der Waals surface area contributed by atoms with Gasteiger partial charge < -0.3 is 5.73 Å². The van der Waals surface area contributed by atoms with Crippen molar-refractivity contribution in [3.05, 3.63) is 50.2 Å². The number of halogens is 3. The van der Waals surface area contributed by atoms with Gasteiger partial charge in [0.15, 0.2) is 0 Å². The molecule has 2 N–H and O–H groups in total. The maximum absolute atomic E-state index is 6.30. The summed E-state index contributed by atoms with van der Waals surface area (Å²) in [6, 6.07) is 5.30. The summed E-state index contributed by atoms with van der Waals surface area (Å²) in [4.78, 5) is 0. The number of nitrogens with zero attached hydrogens (tertiary/aromatic N) is 2. The second-order valence-electron chi connectivity index (χ2n) is 4.25. The molecule has 2 aromatic rings. The molecule has 1 unspecified atom stereocenters. The normalized spacial score (nSPS) is 12.7. The SMILES string of the molecule is CCCn1ncc(Cl)c1C(N)c1ccc(Cl)c(Br)c1. The summed E-state index contributed by atoms with van der Waals surface area (Å²) in [6.07, 6.45) is 2.61. The van der Waals surface area contributed by atoms with Crippen LogP contribution in [0.1, 0.15) is 30.6 Å². The highest BCUT2D eigenvalue weighted by molar-refractivity contribution is 9.10. The van der Waals surface area contributed by atoms with Gasteiger partial charge in [0.2, 0.25) is 0 Å². The van der Waals surface area contributed by atoms with Crippen LogP contribution < -0.4 is 5.73 Å². The van der Waals surface area contributed by atoms with Crippen molar-refractivity contribution in [1.82, 2.24) is 9.78 Å². The highest BCUT2D eigenvalue weighted by Crippen LogP contribution is 2.30. The Bertz CT molecular complexity index is 583. The molecule has 0 saturated heterocycles. The van der Waals surface area contributed by atoms with Crippen LogP contribution in [0.5, 0.6) is 0 Å². The van der Waals surface area contributed by atoms with Gasteiger partial charge in [0.05, 0.1) is 28.0 Å². The fraction of sp³-hybridized carbons (Fsp3) is 0.308. The standard InChI is InChI=1S/C13H14BrCl2N3/c1-2-5-19-13(11(16)7-18-19)12(17)8-3-4-10(15)9(14)6-8/h3-4,6-7,12H,2,5,17H2,1H3. The molecule has 0 aliphatic carbocycles. The molecule has 0 amide bonds. The molecule has 1 aromatic heterocycles. The largest absolute Gasteiger partial charge is 0.319 e. The lowest BCUT2D eigenvalue weighted by Gasteiger charge is -2.15. The molecular weight excluding hydrogens is 349 g/mol. The minimum absolute atomic E-state index is 0.324. The number of rotatable bonds is 4. The van der Waals surface area contributed by atoms with Gasteiger partial charge >= 0.3 is 0 Å². The Hall–Kier alpha value is -0.550. The Kier molecular flexibility index (Phi) is 4.90. The van der Waals surface area contributed by atoms with E-state index in [1.807, 2.05) is 22.9 Å². The van der Waals surface area contributed by atoms with Crippen LogP contribution in [0, 0.1) is 0 Å². The van der Waals surface area contributed by atoms with Gasteiger partial charge in [-0.25, -0.2) is 0 Å². The average molecular weight is 363 g/mol. The van der Waals surface area contributed by atoms with Crippen molar-refractivity contribution in [2.24, 2.45) is 5.73 Å². The molecule has 3 nitrogen and oxygen atoms in total. The second-order valence-corrected chi connectivity index (χ2v) is 5.92. The number of benzene rings is 1. The molecule has 19 heavy (non-hydrogen) atoms. The molecule has 2 rings (SSSR count). The Morgan fingerprint density at radius 1 is 1.37 bits per heavy atom. The third-order valence-corrected chi connectivity index (χ3v) is 4.37. The zero-order chi connectivity index (χ0) is 14.0. The minimum Gasteiger partial charge on any atom is -0.319 e. The molecule has 0 aliphatic heterocycles. The van der Waals surface area contributed by atoms with Crippen LogP contribution in [0.25, 0.3) is 0 Å². The molecule has 6 heteroatoms. The molecule has 0 spiro atoms. The summed E-state index contributed by atoms with van der Waals surface area (Å²) in [5, 5.41) is 5.51. The molecular formula is C13H14BrCl2N3. The van der Waals surface area contributed by atoms with Crippen molar-refractivity contribution in [3.63, 3.8) is 0 Å². The van der Waals surface area contributed by atoms with Crippen LogP contribution in [0.2, 0.25) is 10.0 Å². The summed E-state index contributed by atoms with van der Waals surface area (Å²) in [5.41, 5.74) is 8.07. The van der Waals surface area contributed by atoms with E-state index in [4.69, 9.17) is 28.9 Å². The predicted molar refractivity (Wildman–Crippen MR) is 82.7 cm³/mol. The highest BCUT2D eigenvalue weighted by atomic mass is 79.9. The number of hydrogen-bond acceptors (Lipinski definition) is 2. The molecule has 0 fully saturated rings. The molecule has 102 valence electrons. The molecule has 1 aromatic carbocycles. The second kappa shape index (κ2) is 6.27. The molecule has 0 bridgehead atoms. The van der Waals surface area contributed by atoms with E-state index in [1.165, 1.54) is 0 Å². The van der Waals surface area contributed by atoms with Crippen LogP contribution in [-0.2, 0) is 6.54 Å². The van der Waals surface area contributed by atoms with Gasteiger partial charge in [0, 0.05) is 11.0 Å². The highest BCUT2D eigenvalue weighted by Gasteiger charge is 2.19. The maximum atomic E-state index is 6.30. The summed E-state index contributed by atoms with van der Waals surface area (Å²) >= 11 is 15.6. The molecule has 0 aliphatic rings. The summed E-state index contributed by atoms with van der Waals surface area (Å²) in [6.45, 7) is 2.88. The lowest BCUT2D eigenvalue weighted by atomic mass is 10.0. The zero-order valence-electron chi connectivity index (χ0n) is 10.4. The quantitative estimate of drug-likeness (QED) is 0.875. The zero-order valence-corrected chi connectivity index (χ0v) is 13.5. The Labute approximate surface area is 130 Å². The van der Waals surface area contributed by atoms with Gasteiger partial charge in [0.25, 0.3) is 0 Å². The van der Waals surface area contributed by atoms with Crippen molar-refractivity contribution in [1.29, 1.82) is 0 Å². The molecule has 1 heterocycles. The summed E-state index contributed by atoms with van der Waals surface area (Å²) in [7, 11) is 0. The van der Waals surface area contributed by atoms with E-state index in [0.717, 1.165) is 28.7 Å². The third-order valence-electron chi connectivity index (χ3n) is 2.87. The Balaban J connectivity index is 2.40. The van der Waals surface area contributed by atoms with Crippen molar-refractivity contribution in [2.45, 2.75) is 25.9 Å². The fourth-order valence-corrected chi connectivity index (χ4v) is 2.71. The number of hydrogen-bond donors (Lipinski definition) is 1. The van der Waals surface area contributed by atoms with E-state index in [0.29, 0.717) is 10.0 Å². The first-order chi connectivity index (χ1) is 9.04. The van der Waals surface area contributed by atoms with E-state index in [9.17, 15) is 0 Å². The van der Waals surface area contributed by atoms with Crippen LogP contribution in [0.4, 0.5) is 0 Å². The van der Waals surface area contributed by atoms with Gasteiger partial charge in [-0.1, -0.05) is 36.2 Å². The van der Waals surface area contributed by atoms with E-state index in [-0.39, 0.29) is 6.04 Å². The summed E-state index contributed by atoms with van der Waals surface area (Å²) < 4.78 is 2.68. The topological polar surface area (TPSA) is 43.8 Å². The number of nitrogens with two attached hydrogens (primary N) is 1. The first kappa shape index (κ1) is 14.9. The van der Waals surface area contributed by atoms with Crippen molar-refractivity contribution >= 4 is 39.1 Å². The molecule has 0 saturated carbocycles. The smallest absolute Gasteiger partial charge is 0.0837 e. The number of aryl methyl sites for hydroxylation is 1. The summed E-state index contributed by atoms with van der Waals surface area (Å²) in [5.74, 6) is 0. The fourth-order valence-electron chi connectivity index (χ4n) is 1.93. The van der Waals surface area contributed by atoms with Gasteiger partial charge in [-0.3, -0.25) is 4.68 Å². The Morgan fingerprint density at radius 2 is 2.11 bits per heavy atom. The van der Waals surface area contributed by atoms with Gasteiger partial charge in [-0.2, -0.15) is 5.10 Å². The van der Waals surface area contributed by atoms with E-state index >= 15 is 0 Å². The first-order valence-electron chi connectivity index (χ1n) is 5.96. The van der Waals surface area contributed by atoms with E-state index in [1.54, 1.807) is 6.20 Å². The lowest BCUT2D eigenvalue weighted by molar-refractivity contribution is 0.560. The van der Waals surface area contributed by atoms with Gasteiger partial charge in [0.1, 0.15) is 0 Å².